The summed E-state index contributed by atoms with van der Waals surface area (Å²) in [5.41, 5.74) is 16.3. The Morgan fingerprint density at radius 2 is 0.902 bits per heavy atom. The molecular formula is C57H52N4. The summed E-state index contributed by atoms with van der Waals surface area (Å²) in [6.45, 7) is 8.84. The van der Waals surface area contributed by atoms with Gasteiger partial charge in [-0.05, 0) is 139 Å². The van der Waals surface area contributed by atoms with Gasteiger partial charge in [-0.2, -0.15) is 5.26 Å². The zero-order valence-electron chi connectivity index (χ0n) is 35.4. The molecule has 15 rings (SSSR count). The van der Waals surface area contributed by atoms with Gasteiger partial charge in [0, 0.05) is 48.6 Å². The fourth-order valence-corrected chi connectivity index (χ4v) is 17.0. The molecule has 0 N–H and O–H groups in total. The van der Waals surface area contributed by atoms with Crippen molar-refractivity contribution in [3.05, 3.63) is 99.9 Å². The van der Waals surface area contributed by atoms with Crippen molar-refractivity contribution >= 4 is 81.9 Å². The molecule has 9 aromatic rings. The van der Waals surface area contributed by atoms with Gasteiger partial charge in [0.15, 0.2) is 5.69 Å². The van der Waals surface area contributed by atoms with Crippen molar-refractivity contribution in [1.29, 1.82) is 5.26 Å². The van der Waals surface area contributed by atoms with Crippen LogP contribution >= 0.6 is 0 Å². The fraction of sp³-hybridized carbons (Fsp3) is 0.439. The van der Waals surface area contributed by atoms with Crippen LogP contribution in [0, 0.1) is 17.9 Å². The van der Waals surface area contributed by atoms with E-state index in [4.69, 9.17) is 6.57 Å². The van der Waals surface area contributed by atoms with Crippen LogP contribution in [0.4, 0.5) is 5.69 Å². The summed E-state index contributed by atoms with van der Waals surface area (Å²) >= 11 is 0. The lowest BCUT2D eigenvalue weighted by Crippen LogP contribution is -2.43. The second-order valence-corrected chi connectivity index (χ2v) is 21.6. The van der Waals surface area contributed by atoms with E-state index >= 15 is 0 Å². The minimum absolute atomic E-state index is 0.148. The number of nitrogens with zero attached hydrogens (tertiary/aromatic N) is 4. The first-order chi connectivity index (χ1) is 30.0. The van der Waals surface area contributed by atoms with Crippen LogP contribution in [0.1, 0.15) is 163 Å². The Bertz CT molecular complexity index is 3500. The molecule has 300 valence electrons. The molecule has 0 atom stereocenters. The molecule has 4 saturated carbocycles. The number of para-hydroxylation sites is 2. The summed E-state index contributed by atoms with van der Waals surface area (Å²) in [6.07, 6.45) is 26.8. The van der Waals surface area contributed by atoms with E-state index < -0.39 is 0 Å². The predicted octanol–water partition coefficient (Wildman–Crippen LogP) is 15.6. The Kier molecular flexibility index (Phi) is 6.40. The maximum absolute atomic E-state index is 11.0. The monoisotopic (exact) mass is 792 g/mol. The molecule has 6 aliphatic carbocycles. The first-order valence-electron chi connectivity index (χ1n) is 24.3. The highest BCUT2D eigenvalue weighted by Crippen LogP contribution is 2.66. The van der Waals surface area contributed by atoms with Gasteiger partial charge in [-0.1, -0.05) is 101 Å². The van der Waals surface area contributed by atoms with Crippen molar-refractivity contribution in [2.75, 3.05) is 0 Å². The summed E-state index contributed by atoms with van der Waals surface area (Å²) in [5.74, 6) is 0. The van der Waals surface area contributed by atoms with Gasteiger partial charge >= 0.3 is 0 Å². The van der Waals surface area contributed by atoms with Crippen LogP contribution in [0.25, 0.3) is 81.0 Å². The topological polar surface area (TPSA) is 37.0 Å². The Morgan fingerprint density at radius 1 is 0.459 bits per heavy atom. The zero-order chi connectivity index (χ0) is 40.0. The first-order valence-corrected chi connectivity index (χ1v) is 24.3. The van der Waals surface area contributed by atoms with Gasteiger partial charge in [-0.15, -0.1) is 0 Å². The second-order valence-electron chi connectivity index (χ2n) is 21.6. The molecule has 4 heteroatoms. The van der Waals surface area contributed by atoms with E-state index in [1.807, 2.05) is 0 Å². The Labute approximate surface area is 357 Å². The fourth-order valence-electron chi connectivity index (χ4n) is 17.0. The normalized spacial score (nSPS) is 22.5. The van der Waals surface area contributed by atoms with Gasteiger partial charge in [-0.25, -0.2) is 4.85 Å². The van der Waals surface area contributed by atoms with E-state index in [2.05, 4.69) is 80.4 Å². The molecule has 4 spiro atoms. The molecule has 0 bridgehead atoms. The molecule has 4 nitrogen and oxygen atoms in total. The lowest BCUT2D eigenvalue weighted by Gasteiger charge is -2.52. The Balaban J connectivity index is 1.07. The smallest absolute Gasteiger partial charge is 0.193 e. The van der Waals surface area contributed by atoms with E-state index in [1.54, 1.807) is 11.1 Å². The van der Waals surface area contributed by atoms with Crippen molar-refractivity contribution in [1.82, 2.24) is 8.80 Å². The van der Waals surface area contributed by atoms with Crippen molar-refractivity contribution in [2.24, 2.45) is 0 Å². The lowest BCUT2D eigenvalue weighted by atomic mass is 9.52. The predicted molar refractivity (Wildman–Crippen MR) is 250 cm³/mol. The molecular weight excluding hydrogens is 741 g/mol. The van der Waals surface area contributed by atoms with Crippen LogP contribution in [0.3, 0.4) is 0 Å². The minimum atomic E-state index is 0.148. The quantitative estimate of drug-likeness (QED) is 0.141. The highest BCUT2D eigenvalue weighted by atomic mass is 14.9. The largest absolute Gasteiger partial charge is 0.309 e. The van der Waals surface area contributed by atoms with E-state index in [-0.39, 0.29) is 21.7 Å². The van der Waals surface area contributed by atoms with Crippen LogP contribution in [-0.4, -0.2) is 8.80 Å². The van der Waals surface area contributed by atoms with Crippen molar-refractivity contribution in [2.45, 2.75) is 156 Å². The molecule has 4 fully saturated rings. The summed E-state index contributed by atoms with van der Waals surface area (Å²) < 4.78 is 5.18. The van der Waals surface area contributed by atoms with Crippen LogP contribution in [0.5, 0.6) is 0 Å². The highest BCUT2D eigenvalue weighted by Gasteiger charge is 2.56. The number of hydrogen-bond donors (Lipinski definition) is 0. The molecule has 0 aliphatic heterocycles. The molecule has 0 radical (unpaired) electrons. The Hall–Kier alpha value is -5.32. The van der Waals surface area contributed by atoms with Crippen molar-refractivity contribution in [3.63, 3.8) is 0 Å². The molecule has 6 aliphatic rings. The number of nitriles is 1. The standard InChI is InChI=1S/C57H52N4/c1-59-41-31-45-47(51-49(41)54(18-4-2-5-19-54)26-27-55(51)20-6-3-7-21-55)38-17-13-15-36-40-29-42-39(30-43(40)61(45)53(36)38)35-14-12-16-37-46-44(60(42)52(35)37)28-34(32-58)48-50(46)57(24-10-11-25-57)33-56(48)22-8-9-23-56/h12-17,28-31H,2-11,18-27,33H2. The van der Waals surface area contributed by atoms with Crippen LogP contribution in [-0.2, 0) is 21.7 Å². The molecule has 4 heterocycles. The molecule has 0 saturated heterocycles. The number of fused-ring (bicyclic) bond motifs is 20. The van der Waals surface area contributed by atoms with Gasteiger partial charge in [0.2, 0.25) is 0 Å². The number of hydrogen-bond acceptors (Lipinski definition) is 1. The zero-order valence-corrected chi connectivity index (χ0v) is 35.4. The third-order valence-electron chi connectivity index (χ3n) is 19.2. The number of aromatic nitrogens is 2. The van der Waals surface area contributed by atoms with E-state index in [1.165, 1.54) is 222 Å². The minimum Gasteiger partial charge on any atom is -0.309 e. The average molecular weight is 793 g/mol. The van der Waals surface area contributed by atoms with Gasteiger partial charge in [0.05, 0.1) is 45.8 Å². The highest BCUT2D eigenvalue weighted by molar-refractivity contribution is 6.30. The third kappa shape index (κ3) is 3.88. The molecule has 0 unspecified atom stereocenters. The van der Waals surface area contributed by atoms with E-state index in [0.29, 0.717) is 0 Å². The summed E-state index contributed by atoms with van der Waals surface area (Å²) in [5, 5.41) is 21.9. The third-order valence-corrected chi connectivity index (χ3v) is 19.2. The first kappa shape index (κ1) is 34.3. The van der Waals surface area contributed by atoms with Crippen LogP contribution in [0.15, 0.2) is 60.7 Å². The van der Waals surface area contributed by atoms with Crippen LogP contribution in [0.2, 0.25) is 0 Å². The summed E-state index contributed by atoms with van der Waals surface area (Å²) in [7, 11) is 0. The Morgan fingerprint density at radius 3 is 1.43 bits per heavy atom. The molecule has 0 amide bonds. The number of benzene rings is 5. The van der Waals surface area contributed by atoms with Gasteiger partial charge in [0.25, 0.3) is 0 Å². The SMILES string of the molecule is [C-]#[N+]c1cc2c(c3c1C1(CCCCC1)CCC31CCCCC1)c1cccc3c4cc5c(cc4n2c31)c1cccc2c3c4c(c(C#N)cc3n5c12)C1(CCCC1)CC41CCCC1. The van der Waals surface area contributed by atoms with Gasteiger partial charge in [-0.3, -0.25) is 0 Å². The van der Waals surface area contributed by atoms with Crippen LogP contribution < -0.4 is 0 Å². The lowest BCUT2D eigenvalue weighted by molar-refractivity contribution is 0.178. The number of rotatable bonds is 0. The maximum atomic E-state index is 11.0. The summed E-state index contributed by atoms with van der Waals surface area (Å²) in [4.78, 5) is 4.51. The molecule has 61 heavy (non-hydrogen) atoms. The van der Waals surface area contributed by atoms with E-state index in [9.17, 15) is 5.26 Å². The van der Waals surface area contributed by atoms with E-state index in [0.717, 1.165) is 11.3 Å². The van der Waals surface area contributed by atoms with Crippen molar-refractivity contribution < 1.29 is 0 Å². The van der Waals surface area contributed by atoms with Crippen molar-refractivity contribution in [3.8, 4) is 6.07 Å². The van der Waals surface area contributed by atoms with Gasteiger partial charge < -0.3 is 8.80 Å². The maximum Gasteiger partial charge on any atom is 0.193 e. The van der Waals surface area contributed by atoms with Gasteiger partial charge in [0.1, 0.15) is 0 Å². The second kappa shape index (κ2) is 11.4. The average Bonchev–Trinajstić information content (AvgIpc) is 4.19. The summed E-state index contributed by atoms with van der Waals surface area (Å²) in [6, 6.07) is 26.7. The molecule has 4 aromatic heterocycles. The molecule has 5 aromatic carbocycles.